The molecule has 4 rings (SSSR count). The molecule has 0 spiro atoms. The van der Waals surface area contributed by atoms with Crippen LogP contribution in [0, 0.1) is 0 Å². The molecule has 0 bridgehead atoms. The molecule has 1 aromatic carbocycles. The molecule has 0 unspecified atom stereocenters. The average molecular weight is 405 g/mol. The maximum atomic E-state index is 13.0. The van der Waals surface area contributed by atoms with Crippen LogP contribution in [0.5, 0.6) is 0 Å². The Kier molecular flexibility index (Phi) is 4.90. The summed E-state index contributed by atoms with van der Waals surface area (Å²) >= 11 is 0. The molecule has 0 radical (unpaired) electrons. The molecule has 0 aliphatic carbocycles. The van der Waals surface area contributed by atoms with Crippen molar-refractivity contribution in [1.82, 2.24) is 14.5 Å². The molecule has 1 atom stereocenters. The van der Waals surface area contributed by atoms with Gasteiger partial charge in [-0.05, 0) is 42.3 Å². The van der Waals surface area contributed by atoms with Crippen molar-refractivity contribution in [3.63, 3.8) is 0 Å². The number of sulfonamides is 1. The minimum atomic E-state index is -3.60. The second kappa shape index (κ2) is 7.23. The number of amides is 2. The molecule has 0 saturated heterocycles. The van der Waals surface area contributed by atoms with E-state index >= 15 is 0 Å². The van der Waals surface area contributed by atoms with Gasteiger partial charge in [0.05, 0.1) is 23.8 Å². The van der Waals surface area contributed by atoms with Crippen LogP contribution in [0.4, 0.5) is 4.79 Å². The molecule has 2 amide bonds. The Morgan fingerprint density at radius 3 is 2.61 bits per heavy atom. The van der Waals surface area contributed by atoms with Crippen molar-refractivity contribution in [3.8, 4) is 0 Å². The lowest BCUT2D eigenvalue weighted by molar-refractivity contribution is 0.162. The second-order valence-electron chi connectivity index (χ2n) is 7.26. The Hall–Kier alpha value is -2.36. The summed E-state index contributed by atoms with van der Waals surface area (Å²) in [5.41, 5.74) is 2.66. The first-order valence-corrected chi connectivity index (χ1v) is 10.5. The SMILES string of the molecule is COC[C@@H](C)NC(=O)N1CC2=C(C1)CN(S(=O)(=O)c1ccc3occc3c1)C2. The number of hydrogen-bond donors (Lipinski definition) is 1. The topological polar surface area (TPSA) is 92.1 Å². The van der Waals surface area contributed by atoms with E-state index in [-0.39, 0.29) is 17.0 Å². The number of furan rings is 1. The fraction of sp³-hybridized carbons (Fsp3) is 0.421. The lowest BCUT2D eigenvalue weighted by Gasteiger charge is -2.24. The number of ether oxygens (including phenoxy) is 1. The number of carbonyl (C=O) groups is 1. The highest BCUT2D eigenvalue weighted by Gasteiger charge is 2.37. The van der Waals surface area contributed by atoms with Crippen LogP contribution >= 0.6 is 0 Å². The van der Waals surface area contributed by atoms with E-state index in [4.69, 9.17) is 9.15 Å². The van der Waals surface area contributed by atoms with E-state index in [1.54, 1.807) is 42.5 Å². The van der Waals surface area contributed by atoms with Crippen LogP contribution in [0.25, 0.3) is 11.0 Å². The number of hydrogen-bond acceptors (Lipinski definition) is 5. The summed E-state index contributed by atoms with van der Waals surface area (Å²) in [5, 5.41) is 3.65. The van der Waals surface area contributed by atoms with Gasteiger partial charge < -0.3 is 19.4 Å². The first kappa shape index (κ1) is 19.0. The van der Waals surface area contributed by atoms with Crippen LogP contribution in [-0.2, 0) is 14.8 Å². The highest BCUT2D eigenvalue weighted by atomic mass is 32.2. The molecule has 1 N–H and O–H groups in total. The molecule has 0 fully saturated rings. The molecule has 28 heavy (non-hydrogen) atoms. The van der Waals surface area contributed by atoms with Crippen LogP contribution in [0.15, 0.2) is 51.0 Å². The molecular weight excluding hydrogens is 382 g/mol. The summed E-state index contributed by atoms with van der Waals surface area (Å²) in [7, 11) is -2.01. The van der Waals surface area contributed by atoms with Gasteiger partial charge in [0.15, 0.2) is 0 Å². The van der Waals surface area contributed by atoms with Crippen molar-refractivity contribution < 1.29 is 22.4 Å². The Balaban J connectivity index is 1.41. The van der Waals surface area contributed by atoms with E-state index in [0.29, 0.717) is 38.4 Å². The largest absolute Gasteiger partial charge is 0.464 e. The van der Waals surface area contributed by atoms with E-state index in [1.165, 1.54) is 4.31 Å². The summed E-state index contributed by atoms with van der Waals surface area (Å²) in [6.45, 7) is 3.86. The molecule has 1 aromatic heterocycles. The van der Waals surface area contributed by atoms with Gasteiger partial charge in [-0.25, -0.2) is 13.2 Å². The monoisotopic (exact) mass is 405 g/mol. The van der Waals surface area contributed by atoms with Gasteiger partial charge in [0, 0.05) is 38.7 Å². The molecule has 8 nitrogen and oxygen atoms in total. The molecule has 2 aliphatic heterocycles. The normalized spacial score (nSPS) is 18.7. The standard InChI is InChI=1S/C19H23N3O5S/c1-13(12-26-2)20-19(23)21-8-15-10-22(11-16(15)9-21)28(24,25)17-3-4-18-14(7-17)5-6-27-18/h3-7,13H,8-12H2,1-2H3,(H,20,23)/t13-/m1/s1. The third kappa shape index (κ3) is 3.41. The van der Waals surface area contributed by atoms with Crippen molar-refractivity contribution in [1.29, 1.82) is 0 Å². The van der Waals surface area contributed by atoms with Gasteiger partial charge in [0.25, 0.3) is 0 Å². The third-order valence-electron chi connectivity index (χ3n) is 5.13. The van der Waals surface area contributed by atoms with E-state index in [2.05, 4.69) is 5.32 Å². The van der Waals surface area contributed by atoms with Crippen molar-refractivity contribution in [2.45, 2.75) is 17.9 Å². The Labute approximate surface area is 163 Å². The number of methoxy groups -OCH3 is 1. The Morgan fingerprint density at radius 1 is 1.21 bits per heavy atom. The maximum absolute atomic E-state index is 13.0. The van der Waals surface area contributed by atoms with Crippen molar-refractivity contribution in [3.05, 3.63) is 41.7 Å². The van der Waals surface area contributed by atoms with Crippen LogP contribution in [0.3, 0.4) is 0 Å². The first-order chi connectivity index (χ1) is 13.4. The fourth-order valence-electron chi connectivity index (χ4n) is 3.71. The fourth-order valence-corrected chi connectivity index (χ4v) is 5.17. The number of carbonyl (C=O) groups excluding carboxylic acids is 1. The molecular formula is C19H23N3O5S. The molecule has 0 saturated carbocycles. The molecule has 9 heteroatoms. The zero-order valence-corrected chi connectivity index (χ0v) is 16.7. The number of nitrogens with one attached hydrogen (secondary N) is 1. The lowest BCUT2D eigenvalue weighted by atomic mass is 10.2. The zero-order chi connectivity index (χ0) is 19.9. The van der Waals surface area contributed by atoms with Crippen molar-refractivity contribution in [2.75, 3.05) is 39.9 Å². The number of benzene rings is 1. The average Bonchev–Trinajstić information content (AvgIpc) is 3.35. The minimum Gasteiger partial charge on any atom is -0.464 e. The smallest absolute Gasteiger partial charge is 0.318 e. The van der Waals surface area contributed by atoms with Crippen LogP contribution < -0.4 is 5.32 Å². The molecule has 2 aromatic rings. The van der Waals surface area contributed by atoms with Crippen LogP contribution in [0.1, 0.15) is 6.92 Å². The van der Waals surface area contributed by atoms with Gasteiger partial charge in [0.1, 0.15) is 5.58 Å². The molecule has 3 heterocycles. The predicted molar refractivity (Wildman–Crippen MR) is 103 cm³/mol. The van der Waals surface area contributed by atoms with E-state index in [1.807, 2.05) is 6.92 Å². The van der Waals surface area contributed by atoms with Gasteiger partial charge in [-0.2, -0.15) is 4.31 Å². The number of fused-ring (bicyclic) bond motifs is 1. The van der Waals surface area contributed by atoms with E-state index in [0.717, 1.165) is 16.5 Å². The van der Waals surface area contributed by atoms with Crippen LogP contribution in [-0.4, -0.2) is 69.6 Å². The molecule has 2 aliphatic rings. The van der Waals surface area contributed by atoms with Gasteiger partial charge in [-0.1, -0.05) is 0 Å². The second-order valence-corrected chi connectivity index (χ2v) is 9.20. The van der Waals surface area contributed by atoms with Crippen LogP contribution in [0.2, 0.25) is 0 Å². The van der Waals surface area contributed by atoms with E-state index < -0.39 is 10.0 Å². The highest BCUT2D eigenvalue weighted by Crippen LogP contribution is 2.31. The van der Waals surface area contributed by atoms with Gasteiger partial charge >= 0.3 is 6.03 Å². The minimum absolute atomic E-state index is 0.0809. The summed E-state index contributed by atoms with van der Waals surface area (Å²) in [6, 6.07) is 6.39. The van der Waals surface area contributed by atoms with Gasteiger partial charge in [-0.15, -0.1) is 0 Å². The Bertz CT molecular complexity index is 1020. The molecule has 150 valence electrons. The summed E-state index contributed by atoms with van der Waals surface area (Å²) in [5.74, 6) is 0. The first-order valence-electron chi connectivity index (χ1n) is 9.10. The number of nitrogens with zero attached hydrogens (tertiary/aromatic N) is 2. The van der Waals surface area contributed by atoms with Crippen molar-refractivity contribution in [2.24, 2.45) is 0 Å². The van der Waals surface area contributed by atoms with Crippen molar-refractivity contribution >= 4 is 27.0 Å². The number of urea groups is 1. The lowest BCUT2D eigenvalue weighted by Crippen LogP contribution is -2.45. The zero-order valence-electron chi connectivity index (χ0n) is 15.8. The van der Waals surface area contributed by atoms with E-state index in [9.17, 15) is 13.2 Å². The van der Waals surface area contributed by atoms with Gasteiger partial charge in [-0.3, -0.25) is 0 Å². The highest BCUT2D eigenvalue weighted by molar-refractivity contribution is 7.89. The summed E-state index contributed by atoms with van der Waals surface area (Å²) in [4.78, 5) is 14.3. The maximum Gasteiger partial charge on any atom is 0.318 e. The number of rotatable bonds is 5. The van der Waals surface area contributed by atoms with Gasteiger partial charge in [0.2, 0.25) is 10.0 Å². The predicted octanol–water partition coefficient (Wildman–Crippen LogP) is 1.79. The summed E-state index contributed by atoms with van der Waals surface area (Å²) < 4.78 is 37.8. The Morgan fingerprint density at radius 2 is 1.93 bits per heavy atom. The quantitative estimate of drug-likeness (QED) is 0.766. The summed E-state index contributed by atoms with van der Waals surface area (Å²) in [6.07, 6.45) is 1.54. The third-order valence-corrected chi connectivity index (χ3v) is 6.92.